The van der Waals surface area contributed by atoms with Crippen molar-refractivity contribution in [3.05, 3.63) is 65.7 Å². The predicted molar refractivity (Wildman–Crippen MR) is 108 cm³/mol. The molecule has 1 aliphatic heterocycles. The molecule has 0 saturated heterocycles. The van der Waals surface area contributed by atoms with Gasteiger partial charge in [-0.2, -0.15) is 0 Å². The van der Waals surface area contributed by atoms with Crippen LogP contribution in [0, 0.1) is 0 Å². The molecule has 1 aromatic heterocycles. The van der Waals surface area contributed by atoms with Crippen LogP contribution in [0.15, 0.2) is 54.6 Å². The van der Waals surface area contributed by atoms with Crippen LogP contribution in [-0.4, -0.2) is 26.1 Å². The van der Waals surface area contributed by atoms with Crippen molar-refractivity contribution in [3.8, 4) is 0 Å². The summed E-state index contributed by atoms with van der Waals surface area (Å²) >= 11 is 0. The lowest BCUT2D eigenvalue weighted by atomic mass is 10.0. The number of aromatic nitrogens is 1. The Bertz CT molecular complexity index is 952. The monoisotopic (exact) mass is 347 g/mol. The summed E-state index contributed by atoms with van der Waals surface area (Å²) in [5.41, 5.74) is 7.84. The number of nitrogens with one attached hydrogen (secondary N) is 2. The molecule has 1 atom stereocenters. The van der Waals surface area contributed by atoms with Gasteiger partial charge in [-0.25, -0.2) is 10.4 Å². The Kier molecular flexibility index (Phi) is 4.05. The first-order valence-corrected chi connectivity index (χ1v) is 8.90. The Balaban J connectivity index is 1.67. The lowest BCUT2D eigenvalue weighted by Crippen LogP contribution is -2.52. The maximum absolute atomic E-state index is 4.85. The van der Waals surface area contributed by atoms with Crippen molar-refractivity contribution in [2.24, 2.45) is 0 Å². The molecule has 3 aromatic rings. The van der Waals surface area contributed by atoms with Crippen molar-refractivity contribution in [2.45, 2.75) is 19.1 Å². The first kappa shape index (κ1) is 16.8. The van der Waals surface area contributed by atoms with Crippen LogP contribution in [0.5, 0.6) is 0 Å². The van der Waals surface area contributed by atoms with Crippen LogP contribution in [0.25, 0.3) is 10.9 Å². The van der Waals surface area contributed by atoms with Gasteiger partial charge in [-0.15, -0.1) is 0 Å². The topological polar surface area (TPSA) is 43.4 Å². The van der Waals surface area contributed by atoms with Crippen LogP contribution in [0.1, 0.15) is 18.1 Å². The number of hydrogen-bond acceptors (Lipinski definition) is 5. The molecule has 0 saturated carbocycles. The maximum Gasteiger partial charge on any atom is 0.149 e. The number of pyridine rings is 1. The van der Waals surface area contributed by atoms with E-state index in [1.54, 1.807) is 0 Å². The van der Waals surface area contributed by atoms with Crippen LogP contribution in [0.2, 0.25) is 0 Å². The summed E-state index contributed by atoms with van der Waals surface area (Å²) in [6.45, 7) is 2.93. The number of hydrogen-bond donors (Lipinski definition) is 2. The highest BCUT2D eigenvalue weighted by Gasteiger charge is 2.38. The summed E-state index contributed by atoms with van der Waals surface area (Å²) in [4.78, 5) is 7.00. The molecule has 0 bridgehead atoms. The number of fused-ring (bicyclic) bond motifs is 2. The Morgan fingerprint density at radius 3 is 2.65 bits per heavy atom. The molecule has 26 heavy (non-hydrogen) atoms. The minimum absolute atomic E-state index is 0.374. The molecule has 0 fully saturated rings. The Morgan fingerprint density at radius 2 is 1.85 bits per heavy atom. The summed E-state index contributed by atoms with van der Waals surface area (Å²) in [7, 11) is 6.17. The van der Waals surface area contributed by atoms with E-state index in [-0.39, 0.29) is 5.66 Å². The minimum Gasteiger partial charge on any atom is -0.377 e. The molecule has 0 spiro atoms. The van der Waals surface area contributed by atoms with E-state index in [9.17, 15) is 0 Å². The van der Waals surface area contributed by atoms with Gasteiger partial charge in [-0.1, -0.05) is 36.4 Å². The highest BCUT2D eigenvalue weighted by atomic mass is 15.6. The maximum atomic E-state index is 4.85. The fourth-order valence-corrected chi connectivity index (χ4v) is 3.68. The fourth-order valence-electron chi connectivity index (χ4n) is 3.68. The summed E-state index contributed by atoms with van der Waals surface area (Å²) < 4.78 is 0. The van der Waals surface area contributed by atoms with Gasteiger partial charge >= 0.3 is 0 Å². The largest absolute Gasteiger partial charge is 0.377 e. The molecule has 2 N–H and O–H groups in total. The Labute approximate surface area is 154 Å². The molecule has 1 aliphatic rings. The van der Waals surface area contributed by atoms with Gasteiger partial charge in [0.25, 0.3) is 0 Å². The summed E-state index contributed by atoms with van der Waals surface area (Å²) in [5.74, 6) is 0.972. The third-order valence-electron chi connectivity index (χ3n) is 5.06. The van der Waals surface area contributed by atoms with Crippen LogP contribution in [0.3, 0.4) is 0 Å². The van der Waals surface area contributed by atoms with E-state index in [0.29, 0.717) is 0 Å². The number of rotatable bonds is 4. The smallest absolute Gasteiger partial charge is 0.149 e. The highest BCUT2D eigenvalue weighted by molar-refractivity contribution is 5.82. The van der Waals surface area contributed by atoms with E-state index in [1.165, 1.54) is 16.8 Å². The zero-order valence-corrected chi connectivity index (χ0v) is 15.7. The second kappa shape index (κ2) is 6.27. The van der Waals surface area contributed by atoms with E-state index in [0.717, 1.165) is 23.3 Å². The predicted octanol–water partition coefficient (Wildman–Crippen LogP) is 3.22. The average molecular weight is 347 g/mol. The van der Waals surface area contributed by atoms with Gasteiger partial charge < -0.3 is 4.90 Å². The fraction of sp³-hybridized carbons (Fsp3) is 0.286. The Morgan fingerprint density at radius 1 is 1.12 bits per heavy atom. The highest BCUT2D eigenvalue weighted by Crippen LogP contribution is 2.35. The first-order chi connectivity index (χ1) is 12.5. The molecule has 0 radical (unpaired) electrons. The standard InChI is InChI=1S/C21H25N5/c1-21(22-14-16-10-6-8-12-19(16)25(2)3)17-13-15-9-5-7-11-18(15)23-20(17)26(4)24-21/h5-13,22,24H,14H2,1-4H3. The van der Waals surface area contributed by atoms with Crippen LogP contribution < -0.4 is 20.7 Å². The van der Waals surface area contributed by atoms with Gasteiger partial charge in [-0.3, -0.25) is 10.3 Å². The zero-order chi connectivity index (χ0) is 18.3. The lowest BCUT2D eigenvalue weighted by Gasteiger charge is -2.29. The SMILES string of the molecule is CN(C)c1ccccc1CNC1(C)NN(C)c2nc3ccccc3cc21. The molecule has 5 heteroatoms. The molecule has 4 rings (SSSR count). The quantitative estimate of drug-likeness (QED) is 0.759. The molecule has 1 unspecified atom stereocenters. The normalized spacial score (nSPS) is 19.0. The van der Waals surface area contributed by atoms with Gasteiger partial charge in [0, 0.05) is 44.3 Å². The van der Waals surface area contributed by atoms with E-state index in [1.807, 2.05) is 18.1 Å². The second-order valence-corrected chi connectivity index (χ2v) is 7.22. The van der Waals surface area contributed by atoms with Gasteiger partial charge in [0.1, 0.15) is 11.5 Å². The van der Waals surface area contributed by atoms with E-state index >= 15 is 0 Å². The van der Waals surface area contributed by atoms with Crippen molar-refractivity contribution < 1.29 is 0 Å². The molecule has 0 aliphatic carbocycles. The van der Waals surface area contributed by atoms with Crippen molar-refractivity contribution in [2.75, 3.05) is 31.1 Å². The van der Waals surface area contributed by atoms with Gasteiger partial charge in [0.15, 0.2) is 0 Å². The number of benzene rings is 2. The molecule has 2 heterocycles. The average Bonchev–Trinajstić information content (AvgIpc) is 2.89. The summed E-state index contributed by atoms with van der Waals surface area (Å²) in [5, 5.41) is 6.87. The van der Waals surface area contributed by atoms with Crippen LogP contribution in [-0.2, 0) is 12.2 Å². The molecular weight excluding hydrogens is 322 g/mol. The number of hydrazine groups is 1. The van der Waals surface area contributed by atoms with Crippen molar-refractivity contribution in [1.29, 1.82) is 0 Å². The first-order valence-electron chi connectivity index (χ1n) is 8.90. The van der Waals surface area contributed by atoms with Crippen molar-refractivity contribution >= 4 is 22.4 Å². The van der Waals surface area contributed by atoms with E-state index in [4.69, 9.17) is 4.98 Å². The Hall–Kier alpha value is -2.63. The van der Waals surface area contributed by atoms with Crippen LogP contribution in [0.4, 0.5) is 11.5 Å². The number of anilines is 2. The number of nitrogens with zero attached hydrogens (tertiary/aromatic N) is 3. The molecule has 2 aromatic carbocycles. The molecule has 5 nitrogen and oxygen atoms in total. The molecular formula is C21H25N5. The van der Waals surface area contributed by atoms with Crippen LogP contribution >= 0.6 is 0 Å². The van der Waals surface area contributed by atoms with Gasteiger partial charge in [-0.05, 0) is 30.7 Å². The van der Waals surface area contributed by atoms with Crippen molar-refractivity contribution in [1.82, 2.24) is 15.7 Å². The van der Waals surface area contributed by atoms with Gasteiger partial charge in [0.2, 0.25) is 0 Å². The zero-order valence-electron chi connectivity index (χ0n) is 15.7. The third kappa shape index (κ3) is 2.79. The number of para-hydroxylation sites is 2. The lowest BCUT2D eigenvalue weighted by molar-refractivity contribution is 0.307. The molecule has 0 amide bonds. The minimum atomic E-state index is -0.374. The van der Waals surface area contributed by atoms with Crippen molar-refractivity contribution in [3.63, 3.8) is 0 Å². The second-order valence-electron chi connectivity index (χ2n) is 7.22. The van der Waals surface area contributed by atoms with E-state index < -0.39 is 0 Å². The van der Waals surface area contributed by atoms with E-state index in [2.05, 4.69) is 85.2 Å². The third-order valence-corrected chi connectivity index (χ3v) is 5.06. The molecule has 134 valence electrons. The van der Waals surface area contributed by atoms with Gasteiger partial charge in [0.05, 0.1) is 5.52 Å². The summed E-state index contributed by atoms with van der Waals surface area (Å²) in [6.07, 6.45) is 0. The summed E-state index contributed by atoms with van der Waals surface area (Å²) in [6, 6.07) is 19.0.